The molecule has 2 aliphatic rings. The van der Waals surface area contributed by atoms with Crippen LogP contribution < -0.4 is 14.8 Å². The summed E-state index contributed by atoms with van der Waals surface area (Å²) in [5.41, 5.74) is 3.87. The molecule has 0 spiro atoms. The predicted octanol–water partition coefficient (Wildman–Crippen LogP) is 5.10. The van der Waals surface area contributed by atoms with Crippen molar-refractivity contribution in [3.05, 3.63) is 83.4 Å². The minimum atomic E-state index is -0.0463. The number of fused-ring (bicyclic) bond motifs is 2. The number of nitrogens with zero attached hydrogens (tertiary/aromatic N) is 3. The third-order valence-electron chi connectivity index (χ3n) is 6.46. The Bertz CT molecular complexity index is 1260. The summed E-state index contributed by atoms with van der Waals surface area (Å²) >= 11 is 0. The minimum absolute atomic E-state index is 0.0120. The molecule has 3 aromatic carbocycles. The van der Waals surface area contributed by atoms with E-state index in [2.05, 4.69) is 17.1 Å². The first-order valence-electron chi connectivity index (χ1n) is 11.9. The fourth-order valence-electron chi connectivity index (χ4n) is 4.56. The highest BCUT2D eigenvalue weighted by Crippen LogP contribution is 2.40. The van der Waals surface area contributed by atoms with E-state index in [1.54, 1.807) is 7.11 Å². The number of amides is 2. The summed E-state index contributed by atoms with van der Waals surface area (Å²) in [4.78, 5) is 22.1. The highest BCUT2D eigenvalue weighted by molar-refractivity contribution is 6.04. The van der Waals surface area contributed by atoms with E-state index in [-0.39, 0.29) is 12.1 Å². The molecule has 3 aromatic rings. The summed E-state index contributed by atoms with van der Waals surface area (Å²) in [5, 5.41) is 3.05. The van der Waals surface area contributed by atoms with Gasteiger partial charge in [-0.25, -0.2) is 9.79 Å². The van der Waals surface area contributed by atoms with Crippen LogP contribution in [0.15, 0.2) is 71.7 Å². The van der Waals surface area contributed by atoms with E-state index >= 15 is 0 Å². The number of carbonyl (C=O) groups is 1. The zero-order valence-corrected chi connectivity index (χ0v) is 20.3. The smallest absolute Gasteiger partial charge is 0.318 e. The van der Waals surface area contributed by atoms with Gasteiger partial charge in [-0.15, -0.1) is 0 Å². The van der Waals surface area contributed by atoms with Gasteiger partial charge in [0.15, 0.2) is 5.75 Å². The van der Waals surface area contributed by atoms with Crippen LogP contribution in [0.2, 0.25) is 0 Å². The third kappa shape index (κ3) is 4.80. The topological polar surface area (TPSA) is 66.4 Å². The lowest BCUT2D eigenvalue weighted by Gasteiger charge is -2.41. The highest BCUT2D eigenvalue weighted by atomic mass is 16.5. The molecule has 1 saturated heterocycles. The number of urea groups is 1. The number of hydrogen-bond donors (Lipinski definition) is 1. The predicted molar refractivity (Wildman–Crippen MR) is 137 cm³/mol. The quantitative estimate of drug-likeness (QED) is 0.578. The largest absolute Gasteiger partial charge is 0.497 e. The number of aliphatic imine (C=N–C) groups is 1. The molecule has 7 nitrogen and oxygen atoms in total. The monoisotopic (exact) mass is 470 g/mol. The lowest BCUT2D eigenvalue weighted by molar-refractivity contribution is 0.134. The summed E-state index contributed by atoms with van der Waals surface area (Å²) in [7, 11) is 1.66. The minimum Gasteiger partial charge on any atom is -0.497 e. The van der Waals surface area contributed by atoms with E-state index in [9.17, 15) is 4.79 Å². The van der Waals surface area contributed by atoms with E-state index < -0.39 is 0 Å². The van der Waals surface area contributed by atoms with Crippen LogP contribution in [0.1, 0.15) is 23.6 Å². The number of carbonyl (C=O) groups excluding carboxylic acids is 1. The Balaban J connectivity index is 1.38. The molecule has 0 saturated carbocycles. The van der Waals surface area contributed by atoms with Crippen LogP contribution in [-0.4, -0.2) is 54.5 Å². The number of amidine groups is 1. The molecule has 35 heavy (non-hydrogen) atoms. The molecule has 0 bridgehead atoms. The number of piperazine rings is 1. The van der Waals surface area contributed by atoms with Crippen LogP contribution in [0.3, 0.4) is 0 Å². The zero-order valence-electron chi connectivity index (χ0n) is 20.3. The molecule has 1 N–H and O–H groups in total. The lowest BCUT2D eigenvalue weighted by Crippen LogP contribution is -2.57. The van der Waals surface area contributed by atoms with Crippen LogP contribution in [0, 0.1) is 6.92 Å². The maximum atomic E-state index is 12.9. The van der Waals surface area contributed by atoms with Crippen LogP contribution in [-0.2, 0) is 6.54 Å². The van der Waals surface area contributed by atoms with Gasteiger partial charge in [0, 0.05) is 32.2 Å². The Morgan fingerprint density at radius 2 is 1.91 bits per heavy atom. The molecule has 1 unspecified atom stereocenters. The van der Waals surface area contributed by atoms with E-state index in [1.807, 2.05) is 78.6 Å². The van der Waals surface area contributed by atoms with Gasteiger partial charge >= 0.3 is 6.03 Å². The van der Waals surface area contributed by atoms with Gasteiger partial charge in [0.2, 0.25) is 0 Å². The first-order valence-corrected chi connectivity index (χ1v) is 11.9. The Morgan fingerprint density at radius 3 is 2.69 bits per heavy atom. The average Bonchev–Trinajstić information content (AvgIpc) is 3.03. The molecule has 2 heterocycles. The van der Waals surface area contributed by atoms with Gasteiger partial charge in [0.1, 0.15) is 23.0 Å². The Labute approximate surface area is 206 Å². The maximum Gasteiger partial charge on any atom is 0.318 e. The SMILES string of the molecule is COc1ccc2c(c1)C(N1CCN(C(=O)NCc3ccccc3)C(C)C1)=Nc1ccc(C)cc1O2. The standard InChI is InChI=1S/C28H30N4O3/c1-19-9-11-24-26(15-19)35-25-12-10-22(34-3)16-23(25)27(30-24)31-13-14-32(20(2)18-31)28(33)29-17-21-7-5-4-6-8-21/h4-12,15-16,20H,13-14,17-18H2,1-3H3,(H,29,33). The second-order valence-electron chi connectivity index (χ2n) is 9.00. The molecule has 1 fully saturated rings. The number of hydrogen-bond acceptors (Lipinski definition) is 5. The van der Waals surface area contributed by atoms with Gasteiger partial charge in [0.25, 0.3) is 0 Å². The summed E-state index contributed by atoms with van der Waals surface area (Å²) in [6.07, 6.45) is 0. The van der Waals surface area contributed by atoms with Gasteiger partial charge in [-0.1, -0.05) is 36.4 Å². The van der Waals surface area contributed by atoms with Gasteiger partial charge in [-0.3, -0.25) is 0 Å². The number of aryl methyl sites for hydroxylation is 1. The molecule has 0 radical (unpaired) electrons. The molecule has 2 aliphatic heterocycles. The van der Waals surface area contributed by atoms with Crippen molar-refractivity contribution in [2.24, 2.45) is 4.99 Å². The summed E-state index contributed by atoms with van der Waals surface area (Å²) < 4.78 is 11.8. The Morgan fingerprint density at radius 1 is 1.09 bits per heavy atom. The number of methoxy groups -OCH3 is 1. The maximum absolute atomic E-state index is 12.9. The summed E-state index contributed by atoms with van der Waals surface area (Å²) in [5.74, 6) is 3.05. The van der Waals surface area contributed by atoms with Crippen molar-refractivity contribution in [1.82, 2.24) is 15.1 Å². The molecule has 1 atom stereocenters. The number of ether oxygens (including phenoxy) is 2. The first kappa shape index (κ1) is 22.8. The molecular weight excluding hydrogens is 440 g/mol. The van der Waals surface area contributed by atoms with E-state index in [0.29, 0.717) is 26.2 Å². The van der Waals surface area contributed by atoms with E-state index in [0.717, 1.165) is 45.5 Å². The van der Waals surface area contributed by atoms with Crippen molar-refractivity contribution >= 4 is 17.6 Å². The van der Waals surface area contributed by atoms with Crippen molar-refractivity contribution in [3.63, 3.8) is 0 Å². The van der Waals surface area contributed by atoms with Gasteiger partial charge in [-0.2, -0.15) is 0 Å². The number of benzene rings is 3. The molecule has 5 rings (SSSR count). The summed E-state index contributed by atoms with van der Waals surface area (Å²) in [6.45, 7) is 6.56. The molecule has 7 heteroatoms. The molecule has 0 aromatic heterocycles. The van der Waals surface area contributed by atoms with Crippen LogP contribution >= 0.6 is 0 Å². The van der Waals surface area contributed by atoms with Gasteiger partial charge < -0.3 is 24.6 Å². The van der Waals surface area contributed by atoms with Crippen molar-refractivity contribution in [2.45, 2.75) is 26.4 Å². The number of nitrogens with one attached hydrogen (secondary N) is 1. The van der Waals surface area contributed by atoms with Crippen LogP contribution in [0.5, 0.6) is 17.2 Å². The van der Waals surface area contributed by atoms with Gasteiger partial charge in [-0.05, 0) is 55.3 Å². The molecule has 2 amide bonds. The van der Waals surface area contributed by atoms with Crippen molar-refractivity contribution < 1.29 is 14.3 Å². The third-order valence-corrected chi connectivity index (χ3v) is 6.46. The van der Waals surface area contributed by atoms with Crippen LogP contribution in [0.25, 0.3) is 0 Å². The van der Waals surface area contributed by atoms with Crippen molar-refractivity contribution in [1.29, 1.82) is 0 Å². The molecular formula is C28H30N4O3. The fourth-order valence-corrected chi connectivity index (χ4v) is 4.56. The van der Waals surface area contributed by atoms with Crippen molar-refractivity contribution in [3.8, 4) is 17.2 Å². The number of rotatable bonds is 3. The van der Waals surface area contributed by atoms with Crippen LogP contribution in [0.4, 0.5) is 10.5 Å². The zero-order chi connectivity index (χ0) is 24.4. The fraction of sp³-hybridized carbons (Fsp3) is 0.286. The van der Waals surface area contributed by atoms with Gasteiger partial charge in [0.05, 0.1) is 12.7 Å². The second kappa shape index (κ2) is 9.70. The second-order valence-corrected chi connectivity index (χ2v) is 9.00. The van der Waals surface area contributed by atoms with Crippen molar-refractivity contribution in [2.75, 3.05) is 26.7 Å². The van der Waals surface area contributed by atoms with E-state index in [1.165, 1.54) is 0 Å². The first-order chi connectivity index (χ1) is 17.0. The summed E-state index contributed by atoms with van der Waals surface area (Å²) in [6, 6.07) is 21.8. The molecule has 180 valence electrons. The van der Waals surface area contributed by atoms with E-state index in [4.69, 9.17) is 14.5 Å². The normalized spacial score (nSPS) is 16.9. The Kier molecular flexibility index (Phi) is 6.31. The lowest BCUT2D eigenvalue weighted by atomic mass is 10.1. The highest BCUT2D eigenvalue weighted by Gasteiger charge is 2.31. The molecule has 0 aliphatic carbocycles. The average molecular weight is 471 g/mol. The Hall–Kier alpha value is -4.00.